The van der Waals surface area contributed by atoms with Crippen LogP contribution >= 0.6 is 0 Å². The van der Waals surface area contributed by atoms with Crippen molar-refractivity contribution in [3.05, 3.63) is 47.8 Å². The van der Waals surface area contributed by atoms with Crippen LogP contribution in [0.4, 0.5) is 0 Å². The Hall–Kier alpha value is -1.70. The molecule has 7 heteroatoms. The lowest BCUT2D eigenvalue weighted by Crippen LogP contribution is -2.26. The Morgan fingerprint density at radius 1 is 1.25 bits per heavy atom. The van der Waals surface area contributed by atoms with Gasteiger partial charge in [-0.3, -0.25) is 4.68 Å². The third-order valence-electron chi connectivity index (χ3n) is 3.07. The van der Waals surface area contributed by atoms with Crippen LogP contribution in [0.15, 0.2) is 41.4 Å². The fraction of sp³-hybridized carbons (Fsp3) is 0.308. The van der Waals surface area contributed by atoms with Crippen molar-refractivity contribution in [2.45, 2.75) is 17.9 Å². The minimum Gasteiger partial charge on any atom is -0.326 e. The summed E-state index contributed by atoms with van der Waals surface area (Å²) in [6.45, 7) is 0.731. The number of nitrogens with zero attached hydrogens (tertiary/aromatic N) is 2. The van der Waals surface area contributed by atoms with Crippen LogP contribution < -0.4 is 10.5 Å². The molecule has 0 saturated heterocycles. The highest BCUT2D eigenvalue weighted by atomic mass is 32.2. The Morgan fingerprint density at radius 2 is 1.95 bits per heavy atom. The van der Waals surface area contributed by atoms with Gasteiger partial charge < -0.3 is 5.73 Å². The van der Waals surface area contributed by atoms with Crippen molar-refractivity contribution in [2.24, 2.45) is 12.8 Å². The molecule has 6 nitrogen and oxygen atoms in total. The van der Waals surface area contributed by atoms with Gasteiger partial charge in [0.15, 0.2) is 0 Å². The van der Waals surface area contributed by atoms with Gasteiger partial charge in [-0.2, -0.15) is 5.10 Å². The van der Waals surface area contributed by atoms with E-state index in [0.717, 1.165) is 11.3 Å². The van der Waals surface area contributed by atoms with E-state index in [4.69, 9.17) is 5.73 Å². The first-order valence-electron chi connectivity index (χ1n) is 6.28. The standard InChI is InChI=1S/C13H18N4O2S/c1-17-12(6-8-15-17)7-9-16-20(18,19)13-4-2-11(10-14)3-5-13/h2-6,8,16H,7,9-10,14H2,1H3. The Bertz CT molecular complexity index is 662. The van der Waals surface area contributed by atoms with E-state index in [0.29, 0.717) is 19.5 Å². The highest BCUT2D eigenvalue weighted by Crippen LogP contribution is 2.10. The number of benzene rings is 1. The molecule has 0 bridgehead atoms. The van der Waals surface area contributed by atoms with Crippen molar-refractivity contribution >= 4 is 10.0 Å². The number of hydrogen-bond acceptors (Lipinski definition) is 4. The zero-order valence-electron chi connectivity index (χ0n) is 11.3. The highest BCUT2D eigenvalue weighted by molar-refractivity contribution is 7.89. The molecule has 1 aromatic carbocycles. The average Bonchev–Trinajstić information content (AvgIpc) is 2.84. The molecule has 20 heavy (non-hydrogen) atoms. The van der Waals surface area contributed by atoms with Crippen LogP contribution in [0, 0.1) is 0 Å². The molecular formula is C13H18N4O2S. The molecule has 0 amide bonds. The van der Waals surface area contributed by atoms with Gasteiger partial charge in [-0.25, -0.2) is 13.1 Å². The first kappa shape index (κ1) is 14.7. The summed E-state index contributed by atoms with van der Waals surface area (Å²) in [6.07, 6.45) is 2.28. The van der Waals surface area contributed by atoms with E-state index in [1.165, 1.54) is 0 Å². The summed E-state index contributed by atoms with van der Waals surface area (Å²) in [5.74, 6) is 0. The quantitative estimate of drug-likeness (QED) is 0.807. The number of nitrogens with two attached hydrogens (primary N) is 1. The number of rotatable bonds is 6. The fourth-order valence-electron chi connectivity index (χ4n) is 1.85. The maximum Gasteiger partial charge on any atom is 0.240 e. The molecule has 2 aromatic rings. The Kier molecular flexibility index (Phi) is 4.53. The van der Waals surface area contributed by atoms with Crippen LogP contribution in [0.25, 0.3) is 0 Å². The number of aromatic nitrogens is 2. The summed E-state index contributed by atoms with van der Waals surface area (Å²) >= 11 is 0. The number of nitrogens with one attached hydrogen (secondary N) is 1. The Balaban J connectivity index is 1.98. The first-order valence-corrected chi connectivity index (χ1v) is 7.77. The second-order valence-electron chi connectivity index (χ2n) is 4.44. The van der Waals surface area contributed by atoms with E-state index >= 15 is 0 Å². The minimum atomic E-state index is -3.47. The van der Waals surface area contributed by atoms with Crippen molar-refractivity contribution in [3.63, 3.8) is 0 Å². The van der Waals surface area contributed by atoms with Gasteiger partial charge in [0.05, 0.1) is 4.90 Å². The molecule has 3 N–H and O–H groups in total. The van der Waals surface area contributed by atoms with Crippen LogP contribution in [-0.4, -0.2) is 24.7 Å². The van der Waals surface area contributed by atoms with Crippen molar-refractivity contribution in [1.29, 1.82) is 0 Å². The first-order chi connectivity index (χ1) is 9.53. The van der Waals surface area contributed by atoms with Crippen LogP contribution in [0.3, 0.4) is 0 Å². The van der Waals surface area contributed by atoms with E-state index in [-0.39, 0.29) is 4.90 Å². The van der Waals surface area contributed by atoms with Gasteiger partial charge in [0, 0.05) is 38.4 Å². The lowest BCUT2D eigenvalue weighted by molar-refractivity contribution is 0.579. The third kappa shape index (κ3) is 3.44. The zero-order chi connectivity index (χ0) is 14.6. The molecule has 108 valence electrons. The fourth-order valence-corrected chi connectivity index (χ4v) is 2.88. The topological polar surface area (TPSA) is 90.0 Å². The third-order valence-corrected chi connectivity index (χ3v) is 4.54. The summed E-state index contributed by atoms with van der Waals surface area (Å²) in [6, 6.07) is 8.43. The normalized spacial score (nSPS) is 11.7. The number of hydrogen-bond donors (Lipinski definition) is 2. The van der Waals surface area contributed by atoms with Crippen molar-refractivity contribution in [1.82, 2.24) is 14.5 Å². The van der Waals surface area contributed by atoms with Gasteiger partial charge in [-0.05, 0) is 23.8 Å². The Morgan fingerprint density at radius 3 is 2.50 bits per heavy atom. The smallest absolute Gasteiger partial charge is 0.240 e. The molecule has 1 heterocycles. The second-order valence-corrected chi connectivity index (χ2v) is 6.21. The summed E-state index contributed by atoms with van der Waals surface area (Å²) in [5, 5.41) is 4.04. The molecule has 0 unspecified atom stereocenters. The molecule has 0 saturated carbocycles. The molecule has 0 aliphatic rings. The monoisotopic (exact) mass is 294 g/mol. The molecule has 0 radical (unpaired) electrons. The minimum absolute atomic E-state index is 0.250. The van der Waals surface area contributed by atoms with E-state index < -0.39 is 10.0 Å². The lowest BCUT2D eigenvalue weighted by atomic mass is 10.2. The predicted octanol–water partition coefficient (Wildman–Crippen LogP) is 0.400. The van der Waals surface area contributed by atoms with Crippen LogP contribution in [0.5, 0.6) is 0 Å². The van der Waals surface area contributed by atoms with Gasteiger partial charge in [-0.15, -0.1) is 0 Å². The molecular weight excluding hydrogens is 276 g/mol. The van der Waals surface area contributed by atoms with Crippen LogP contribution in [0.1, 0.15) is 11.3 Å². The lowest BCUT2D eigenvalue weighted by Gasteiger charge is -2.07. The molecule has 0 aliphatic heterocycles. The summed E-state index contributed by atoms with van der Waals surface area (Å²) in [7, 11) is -1.64. The van der Waals surface area contributed by atoms with Gasteiger partial charge >= 0.3 is 0 Å². The molecule has 0 spiro atoms. The van der Waals surface area contributed by atoms with Gasteiger partial charge in [0.2, 0.25) is 10.0 Å². The average molecular weight is 294 g/mol. The number of sulfonamides is 1. The SMILES string of the molecule is Cn1nccc1CCNS(=O)(=O)c1ccc(CN)cc1. The maximum absolute atomic E-state index is 12.1. The van der Waals surface area contributed by atoms with Gasteiger partial charge in [-0.1, -0.05) is 12.1 Å². The van der Waals surface area contributed by atoms with Crippen molar-refractivity contribution < 1.29 is 8.42 Å². The van der Waals surface area contributed by atoms with Gasteiger partial charge in [0.25, 0.3) is 0 Å². The Labute approximate surface area is 118 Å². The van der Waals surface area contributed by atoms with E-state index in [9.17, 15) is 8.42 Å². The summed E-state index contributed by atoms with van der Waals surface area (Å²) in [5.41, 5.74) is 7.36. The largest absolute Gasteiger partial charge is 0.326 e. The van der Waals surface area contributed by atoms with Crippen molar-refractivity contribution in [3.8, 4) is 0 Å². The highest BCUT2D eigenvalue weighted by Gasteiger charge is 2.13. The van der Waals surface area contributed by atoms with Gasteiger partial charge in [0.1, 0.15) is 0 Å². The van der Waals surface area contributed by atoms with Crippen LogP contribution in [-0.2, 0) is 30.0 Å². The molecule has 1 aromatic heterocycles. The summed E-state index contributed by atoms with van der Waals surface area (Å²) < 4.78 is 28.5. The van der Waals surface area contributed by atoms with E-state index in [1.54, 1.807) is 35.1 Å². The predicted molar refractivity (Wildman–Crippen MR) is 76.4 cm³/mol. The molecule has 0 aliphatic carbocycles. The second kappa shape index (κ2) is 6.17. The number of aryl methyl sites for hydroxylation is 1. The maximum atomic E-state index is 12.1. The van der Waals surface area contributed by atoms with E-state index in [2.05, 4.69) is 9.82 Å². The van der Waals surface area contributed by atoms with Crippen molar-refractivity contribution in [2.75, 3.05) is 6.54 Å². The molecule has 2 rings (SSSR count). The zero-order valence-corrected chi connectivity index (χ0v) is 12.1. The van der Waals surface area contributed by atoms with Crippen LogP contribution in [0.2, 0.25) is 0 Å². The molecule has 0 atom stereocenters. The molecule has 0 fully saturated rings. The van der Waals surface area contributed by atoms with E-state index in [1.807, 2.05) is 13.1 Å². The summed E-state index contributed by atoms with van der Waals surface area (Å²) in [4.78, 5) is 0.250.